The van der Waals surface area contributed by atoms with Crippen molar-refractivity contribution in [2.45, 2.75) is 50.0 Å². The third-order valence-corrected chi connectivity index (χ3v) is 6.41. The topological polar surface area (TPSA) is 78.5 Å². The molecule has 4 rings (SSSR count). The first-order valence-corrected chi connectivity index (χ1v) is 11.1. The van der Waals surface area contributed by atoms with Crippen molar-refractivity contribution in [2.75, 3.05) is 13.1 Å². The van der Waals surface area contributed by atoms with E-state index in [1.807, 2.05) is 36.4 Å². The maximum Gasteiger partial charge on any atom is 0.325 e. The average Bonchev–Trinajstić information content (AvgIpc) is 3.02. The number of hydrogen-bond acceptors (Lipinski definition) is 3. The first kappa shape index (κ1) is 21.1. The molecule has 1 spiro atoms. The van der Waals surface area contributed by atoms with E-state index in [4.69, 9.17) is 0 Å². The van der Waals surface area contributed by atoms with Crippen LogP contribution in [0.1, 0.15) is 55.6 Å². The summed E-state index contributed by atoms with van der Waals surface area (Å²) in [6.45, 7) is 0.232. The van der Waals surface area contributed by atoms with Crippen LogP contribution in [0.3, 0.4) is 0 Å². The van der Waals surface area contributed by atoms with Gasteiger partial charge in [-0.25, -0.2) is 4.79 Å². The Hall–Kier alpha value is -3.15. The number of hydrogen-bond donors (Lipinski definition) is 2. The lowest BCUT2D eigenvalue weighted by Crippen LogP contribution is -2.49. The van der Waals surface area contributed by atoms with Crippen LogP contribution in [-0.2, 0) is 9.59 Å². The summed E-state index contributed by atoms with van der Waals surface area (Å²) in [5.41, 5.74) is 1.59. The van der Waals surface area contributed by atoms with Crippen LogP contribution in [0, 0.1) is 0 Å². The average molecular weight is 420 g/mol. The number of carbonyl (C=O) groups excluding carboxylic acids is 3. The minimum absolute atomic E-state index is 0.157. The molecule has 0 atom stereocenters. The number of urea groups is 1. The smallest absolute Gasteiger partial charge is 0.325 e. The van der Waals surface area contributed by atoms with Crippen LogP contribution in [0.15, 0.2) is 60.7 Å². The number of imide groups is 1. The summed E-state index contributed by atoms with van der Waals surface area (Å²) >= 11 is 0. The molecule has 1 heterocycles. The first-order chi connectivity index (χ1) is 15.1. The second kappa shape index (κ2) is 9.33. The van der Waals surface area contributed by atoms with E-state index in [-0.39, 0.29) is 24.3 Å². The molecular formula is C25H29N3O3. The predicted octanol–water partition coefficient (Wildman–Crippen LogP) is 3.58. The van der Waals surface area contributed by atoms with Gasteiger partial charge in [-0.15, -0.1) is 0 Å². The summed E-state index contributed by atoms with van der Waals surface area (Å²) in [5, 5.41) is 5.75. The molecule has 2 aromatic rings. The van der Waals surface area contributed by atoms with Crippen LogP contribution < -0.4 is 10.6 Å². The Bertz CT molecular complexity index is 884. The molecule has 1 aliphatic heterocycles. The van der Waals surface area contributed by atoms with E-state index < -0.39 is 11.6 Å². The molecule has 1 saturated carbocycles. The first-order valence-electron chi connectivity index (χ1n) is 11.1. The monoisotopic (exact) mass is 419 g/mol. The zero-order valence-electron chi connectivity index (χ0n) is 17.7. The molecular weight excluding hydrogens is 390 g/mol. The van der Waals surface area contributed by atoms with E-state index in [0.29, 0.717) is 19.4 Å². The number of nitrogens with zero attached hydrogens (tertiary/aromatic N) is 1. The van der Waals surface area contributed by atoms with Crippen LogP contribution >= 0.6 is 0 Å². The zero-order valence-corrected chi connectivity index (χ0v) is 17.7. The van der Waals surface area contributed by atoms with Crippen molar-refractivity contribution in [1.82, 2.24) is 15.5 Å². The van der Waals surface area contributed by atoms with E-state index in [1.165, 1.54) is 11.1 Å². The Morgan fingerprint density at radius 1 is 0.935 bits per heavy atom. The molecule has 0 aromatic heterocycles. The van der Waals surface area contributed by atoms with Crippen molar-refractivity contribution in [3.05, 3.63) is 71.8 Å². The molecule has 1 saturated heterocycles. The SMILES string of the molecule is O=C(CN1C(=O)NC2(CCCCC2)C1=O)NCCC(c1ccccc1)c1ccccc1. The molecule has 6 heteroatoms. The number of benzene rings is 2. The lowest BCUT2D eigenvalue weighted by molar-refractivity contribution is -0.135. The highest BCUT2D eigenvalue weighted by Gasteiger charge is 2.51. The van der Waals surface area contributed by atoms with Gasteiger partial charge in [-0.05, 0) is 30.4 Å². The lowest BCUT2D eigenvalue weighted by atomic mass is 9.82. The highest BCUT2D eigenvalue weighted by atomic mass is 16.2. The number of nitrogens with one attached hydrogen (secondary N) is 2. The van der Waals surface area contributed by atoms with E-state index in [2.05, 4.69) is 34.9 Å². The Labute approximate surface area is 183 Å². The lowest BCUT2D eigenvalue weighted by Gasteiger charge is -2.30. The largest absolute Gasteiger partial charge is 0.355 e. The second-order valence-electron chi connectivity index (χ2n) is 8.48. The van der Waals surface area contributed by atoms with Crippen LogP contribution in [0.5, 0.6) is 0 Å². The quantitative estimate of drug-likeness (QED) is 0.674. The summed E-state index contributed by atoms with van der Waals surface area (Å²) in [4.78, 5) is 38.8. The van der Waals surface area contributed by atoms with Gasteiger partial charge in [0.1, 0.15) is 12.1 Å². The van der Waals surface area contributed by atoms with E-state index >= 15 is 0 Å². The molecule has 2 aromatic carbocycles. The number of carbonyl (C=O) groups is 3. The van der Waals surface area contributed by atoms with Gasteiger partial charge in [0.25, 0.3) is 5.91 Å². The van der Waals surface area contributed by atoms with Crippen molar-refractivity contribution >= 4 is 17.8 Å². The Kier molecular flexibility index (Phi) is 6.35. The summed E-state index contributed by atoms with van der Waals surface area (Å²) in [6.07, 6.45) is 4.97. The van der Waals surface area contributed by atoms with Crippen molar-refractivity contribution in [3.63, 3.8) is 0 Å². The van der Waals surface area contributed by atoms with Crippen molar-refractivity contribution in [2.24, 2.45) is 0 Å². The van der Waals surface area contributed by atoms with Gasteiger partial charge in [0.2, 0.25) is 5.91 Å². The van der Waals surface area contributed by atoms with Crippen LogP contribution in [0.25, 0.3) is 0 Å². The standard InChI is InChI=1S/C25H29N3O3/c29-22(18-28-23(30)25(27-24(28)31)15-8-3-9-16-25)26-17-14-21(19-10-4-1-5-11-19)20-12-6-2-7-13-20/h1-2,4-7,10-13,21H,3,8-9,14-18H2,(H,26,29)(H,27,31). The van der Waals surface area contributed by atoms with Gasteiger partial charge in [0.05, 0.1) is 0 Å². The summed E-state index contributed by atoms with van der Waals surface area (Å²) in [7, 11) is 0. The van der Waals surface area contributed by atoms with Gasteiger partial charge in [-0.3, -0.25) is 14.5 Å². The molecule has 1 aliphatic carbocycles. The summed E-state index contributed by atoms with van der Waals surface area (Å²) < 4.78 is 0. The highest BCUT2D eigenvalue weighted by molar-refractivity contribution is 6.09. The molecule has 6 nitrogen and oxygen atoms in total. The molecule has 0 radical (unpaired) electrons. The van der Waals surface area contributed by atoms with Crippen molar-refractivity contribution in [3.8, 4) is 0 Å². The fourth-order valence-electron chi connectivity index (χ4n) is 4.77. The van der Waals surface area contributed by atoms with Crippen LogP contribution in [0.2, 0.25) is 0 Å². The van der Waals surface area contributed by atoms with Crippen molar-refractivity contribution < 1.29 is 14.4 Å². The van der Waals surface area contributed by atoms with E-state index in [0.717, 1.165) is 30.6 Å². The molecule has 2 fully saturated rings. The molecule has 0 bridgehead atoms. The molecule has 162 valence electrons. The van der Waals surface area contributed by atoms with Gasteiger partial charge < -0.3 is 10.6 Å². The Morgan fingerprint density at radius 3 is 2.10 bits per heavy atom. The summed E-state index contributed by atoms with van der Waals surface area (Å²) in [6, 6.07) is 20.0. The highest BCUT2D eigenvalue weighted by Crippen LogP contribution is 2.33. The summed E-state index contributed by atoms with van der Waals surface area (Å²) in [5.74, 6) is -0.403. The molecule has 0 unspecified atom stereocenters. The maximum absolute atomic E-state index is 12.8. The van der Waals surface area contributed by atoms with Gasteiger partial charge in [0, 0.05) is 12.5 Å². The van der Waals surface area contributed by atoms with E-state index in [9.17, 15) is 14.4 Å². The number of rotatable bonds is 7. The molecule has 2 aliphatic rings. The second-order valence-corrected chi connectivity index (χ2v) is 8.48. The van der Waals surface area contributed by atoms with Gasteiger partial charge in [-0.2, -0.15) is 0 Å². The molecule has 31 heavy (non-hydrogen) atoms. The zero-order chi connectivity index (χ0) is 21.7. The fraction of sp³-hybridized carbons (Fsp3) is 0.400. The normalized spacial score (nSPS) is 17.8. The number of amides is 4. The minimum Gasteiger partial charge on any atom is -0.355 e. The maximum atomic E-state index is 12.8. The van der Waals surface area contributed by atoms with Gasteiger partial charge >= 0.3 is 6.03 Å². The van der Waals surface area contributed by atoms with Gasteiger partial charge in [0.15, 0.2) is 0 Å². The molecule has 4 amide bonds. The van der Waals surface area contributed by atoms with Crippen LogP contribution in [0.4, 0.5) is 4.79 Å². The van der Waals surface area contributed by atoms with E-state index in [1.54, 1.807) is 0 Å². The van der Waals surface area contributed by atoms with Crippen LogP contribution in [-0.4, -0.2) is 41.4 Å². The van der Waals surface area contributed by atoms with Crippen molar-refractivity contribution in [1.29, 1.82) is 0 Å². The fourth-order valence-corrected chi connectivity index (χ4v) is 4.77. The molecule has 2 N–H and O–H groups in total. The predicted molar refractivity (Wildman–Crippen MR) is 118 cm³/mol. The van der Waals surface area contributed by atoms with Gasteiger partial charge in [-0.1, -0.05) is 79.9 Å². The third-order valence-electron chi connectivity index (χ3n) is 6.41. The minimum atomic E-state index is -0.790. The third kappa shape index (κ3) is 4.63. The Balaban J connectivity index is 1.35. The Morgan fingerprint density at radius 2 is 1.52 bits per heavy atom.